The molecule has 1 aromatic rings. The van der Waals surface area contributed by atoms with Crippen molar-refractivity contribution in [3.63, 3.8) is 0 Å². The van der Waals surface area contributed by atoms with Crippen molar-refractivity contribution < 1.29 is 9.47 Å². The van der Waals surface area contributed by atoms with Crippen molar-refractivity contribution >= 4 is 11.6 Å². The number of ether oxygens (including phenoxy) is 2. The molecule has 0 bridgehead atoms. The van der Waals surface area contributed by atoms with Gasteiger partial charge < -0.3 is 14.8 Å². The van der Waals surface area contributed by atoms with Gasteiger partial charge in [0.15, 0.2) is 0 Å². The fourth-order valence-corrected chi connectivity index (χ4v) is 2.24. The fraction of sp³-hybridized carbons (Fsp3) is 0.600. The van der Waals surface area contributed by atoms with E-state index in [1.807, 2.05) is 24.3 Å². The SMILES string of the molecule is COCCCOC(CNC1CC1)c1ccccc1Cl. The maximum atomic E-state index is 6.26. The van der Waals surface area contributed by atoms with Crippen molar-refractivity contribution in [3.05, 3.63) is 34.9 Å². The predicted octanol–water partition coefficient (Wildman–Crippen LogP) is 3.19. The molecule has 1 N–H and O–H groups in total. The van der Waals surface area contributed by atoms with E-state index in [2.05, 4.69) is 5.32 Å². The van der Waals surface area contributed by atoms with Crippen LogP contribution >= 0.6 is 11.6 Å². The number of benzene rings is 1. The molecule has 106 valence electrons. The molecule has 1 aliphatic rings. The number of hydrogen-bond donors (Lipinski definition) is 1. The molecule has 0 saturated heterocycles. The minimum Gasteiger partial charge on any atom is -0.385 e. The molecule has 4 heteroatoms. The Kier molecular flexibility index (Phi) is 6.11. The van der Waals surface area contributed by atoms with Crippen LogP contribution < -0.4 is 5.32 Å². The van der Waals surface area contributed by atoms with Crippen LogP contribution in [0.1, 0.15) is 30.9 Å². The molecule has 0 aromatic heterocycles. The van der Waals surface area contributed by atoms with E-state index in [1.165, 1.54) is 12.8 Å². The second kappa shape index (κ2) is 7.85. The first-order valence-electron chi connectivity index (χ1n) is 6.89. The van der Waals surface area contributed by atoms with E-state index in [1.54, 1.807) is 7.11 Å². The molecule has 1 aromatic carbocycles. The summed E-state index contributed by atoms with van der Waals surface area (Å²) in [6.45, 7) is 2.24. The van der Waals surface area contributed by atoms with Gasteiger partial charge in [0.05, 0.1) is 6.10 Å². The van der Waals surface area contributed by atoms with Crippen molar-refractivity contribution in [2.75, 3.05) is 26.9 Å². The Bertz CT molecular complexity index is 382. The van der Waals surface area contributed by atoms with Gasteiger partial charge in [0.2, 0.25) is 0 Å². The average Bonchev–Trinajstić information content (AvgIpc) is 3.23. The second-order valence-corrected chi connectivity index (χ2v) is 5.32. The lowest BCUT2D eigenvalue weighted by atomic mass is 10.1. The number of hydrogen-bond acceptors (Lipinski definition) is 3. The first-order chi connectivity index (χ1) is 9.31. The van der Waals surface area contributed by atoms with Gasteiger partial charge in [0.1, 0.15) is 0 Å². The molecule has 1 unspecified atom stereocenters. The highest BCUT2D eigenvalue weighted by molar-refractivity contribution is 6.31. The molecule has 2 rings (SSSR count). The first kappa shape index (κ1) is 14.8. The topological polar surface area (TPSA) is 30.5 Å². The third-order valence-corrected chi connectivity index (χ3v) is 3.58. The van der Waals surface area contributed by atoms with Crippen molar-refractivity contribution in [2.24, 2.45) is 0 Å². The average molecular weight is 284 g/mol. The quantitative estimate of drug-likeness (QED) is 0.706. The maximum Gasteiger partial charge on any atom is 0.0963 e. The Balaban J connectivity index is 1.90. The molecule has 1 aliphatic carbocycles. The summed E-state index contributed by atoms with van der Waals surface area (Å²) in [4.78, 5) is 0. The van der Waals surface area contributed by atoms with Crippen LogP contribution in [-0.2, 0) is 9.47 Å². The second-order valence-electron chi connectivity index (χ2n) is 4.91. The molecule has 0 spiro atoms. The lowest BCUT2D eigenvalue weighted by Gasteiger charge is -2.20. The van der Waals surface area contributed by atoms with Crippen LogP contribution in [0.2, 0.25) is 5.02 Å². The van der Waals surface area contributed by atoms with Gasteiger partial charge in [-0.2, -0.15) is 0 Å². The van der Waals surface area contributed by atoms with Crippen LogP contribution in [0.5, 0.6) is 0 Å². The molecule has 3 nitrogen and oxygen atoms in total. The van der Waals surface area contributed by atoms with Gasteiger partial charge in [0, 0.05) is 43.5 Å². The van der Waals surface area contributed by atoms with Crippen LogP contribution in [0.25, 0.3) is 0 Å². The molecule has 1 saturated carbocycles. The van der Waals surface area contributed by atoms with Crippen LogP contribution in [0.3, 0.4) is 0 Å². The molecular formula is C15H22ClNO2. The van der Waals surface area contributed by atoms with Crippen LogP contribution in [-0.4, -0.2) is 32.9 Å². The zero-order valence-corrected chi connectivity index (χ0v) is 12.2. The Morgan fingerprint density at radius 2 is 2.11 bits per heavy atom. The van der Waals surface area contributed by atoms with Crippen LogP contribution in [0.4, 0.5) is 0 Å². The number of rotatable bonds is 9. The molecule has 1 fully saturated rings. The summed E-state index contributed by atoms with van der Waals surface area (Å²) in [6, 6.07) is 8.58. The van der Waals surface area contributed by atoms with E-state index < -0.39 is 0 Å². The fourth-order valence-electron chi connectivity index (χ4n) is 1.98. The van der Waals surface area contributed by atoms with E-state index in [0.29, 0.717) is 12.6 Å². The minimum atomic E-state index is 0.0196. The summed E-state index contributed by atoms with van der Waals surface area (Å²) in [7, 11) is 1.71. The smallest absolute Gasteiger partial charge is 0.0963 e. The number of nitrogens with one attached hydrogen (secondary N) is 1. The number of methoxy groups -OCH3 is 1. The van der Waals surface area contributed by atoms with Gasteiger partial charge in [-0.15, -0.1) is 0 Å². The summed E-state index contributed by atoms with van der Waals surface area (Å²) >= 11 is 6.26. The van der Waals surface area contributed by atoms with Crippen molar-refractivity contribution in [1.82, 2.24) is 5.32 Å². The zero-order chi connectivity index (χ0) is 13.5. The van der Waals surface area contributed by atoms with Crippen molar-refractivity contribution in [2.45, 2.75) is 31.4 Å². The Hall–Kier alpha value is -0.610. The molecule has 1 atom stereocenters. The summed E-state index contributed by atoms with van der Waals surface area (Å²) in [5, 5.41) is 4.28. The van der Waals surface area contributed by atoms with Gasteiger partial charge in [-0.25, -0.2) is 0 Å². The summed E-state index contributed by atoms with van der Waals surface area (Å²) in [5.41, 5.74) is 1.06. The summed E-state index contributed by atoms with van der Waals surface area (Å²) < 4.78 is 11.0. The third kappa shape index (κ3) is 5.11. The molecular weight excluding hydrogens is 262 g/mol. The van der Waals surface area contributed by atoms with Crippen molar-refractivity contribution in [1.29, 1.82) is 0 Å². The molecule has 0 amide bonds. The lowest BCUT2D eigenvalue weighted by Crippen LogP contribution is -2.25. The van der Waals surface area contributed by atoms with Gasteiger partial charge in [-0.05, 0) is 25.3 Å². The summed E-state index contributed by atoms with van der Waals surface area (Å²) in [6.07, 6.45) is 3.48. The third-order valence-electron chi connectivity index (χ3n) is 3.23. The molecule has 0 aliphatic heterocycles. The Morgan fingerprint density at radius 3 is 2.79 bits per heavy atom. The largest absolute Gasteiger partial charge is 0.385 e. The van der Waals surface area contributed by atoms with Gasteiger partial charge in [0.25, 0.3) is 0 Å². The van der Waals surface area contributed by atoms with E-state index in [0.717, 1.165) is 30.2 Å². The minimum absolute atomic E-state index is 0.0196. The maximum absolute atomic E-state index is 6.26. The number of halogens is 1. The molecule has 0 heterocycles. The normalized spacial score (nSPS) is 16.5. The standard InChI is InChI=1S/C15H22ClNO2/c1-18-9-4-10-19-15(11-17-12-7-8-12)13-5-2-3-6-14(13)16/h2-3,5-6,12,15,17H,4,7-11H2,1H3. The zero-order valence-electron chi connectivity index (χ0n) is 11.4. The molecule has 19 heavy (non-hydrogen) atoms. The Labute approximate surface area is 120 Å². The molecule has 0 radical (unpaired) electrons. The highest BCUT2D eigenvalue weighted by atomic mass is 35.5. The predicted molar refractivity (Wildman–Crippen MR) is 77.7 cm³/mol. The van der Waals surface area contributed by atoms with E-state index in [-0.39, 0.29) is 6.10 Å². The van der Waals surface area contributed by atoms with Gasteiger partial charge in [-0.1, -0.05) is 29.8 Å². The van der Waals surface area contributed by atoms with E-state index in [9.17, 15) is 0 Å². The van der Waals surface area contributed by atoms with Crippen LogP contribution in [0, 0.1) is 0 Å². The summed E-state index contributed by atoms with van der Waals surface area (Å²) in [5.74, 6) is 0. The van der Waals surface area contributed by atoms with Gasteiger partial charge in [-0.3, -0.25) is 0 Å². The monoisotopic (exact) mass is 283 g/mol. The first-order valence-corrected chi connectivity index (χ1v) is 7.27. The van der Waals surface area contributed by atoms with Crippen molar-refractivity contribution in [3.8, 4) is 0 Å². The van der Waals surface area contributed by atoms with Gasteiger partial charge >= 0.3 is 0 Å². The lowest BCUT2D eigenvalue weighted by molar-refractivity contribution is 0.0386. The Morgan fingerprint density at radius 1 is 1.32 bits per heavy atom. The van der Waals surface area contributed by atoms with E-state index >= 15 is 0 Å². The van der Waals surface area contributed by atoms with E-state index in [4.69, 9.17) is 21.1 Å². The highest BCUT2D eigenvalue weighted by Crippen LogP contribution is 2.27. The van der Waals surface area contributed by atoms with Crippen LogP contribution in [0.15, 0.2) is 24.3 Å². The highest BCUT2D eigenvalue weighted by Gasteiger charge is 2.23.